The summed E-state index contributed by atoms with van der Waals surface area (Å²) in [6.45, 7) is 8.53. The van der Waals surface area contributed by atoms with Crippen LogP contribution >= 0.6 is 24.0 Å². The Balaban J connectivity index is 0.00000288. The molecule has 1 aromatic heterocycles. The summed E-state index contributed by atoms with van der Waals surface area (Å²) in [5, 5.41) is 6.62. The average Bonchev–Trinajstić information content (AvgIpc) is 3.18. The average molecular weight is 449 g/mol. The van der Waals surface area contributed by atoms with Gasteiger partial charge in [0.2, 0.25) is 0 Å². The van der Waals surface area contributed by atoms with Gasteiger partial charge in [-0.05, 0) is 45.0 Å². The molecule has 136 valence electrons. The third-order valence-electron chi connectivity index (χ3n) is 4.05. The van der Waals surface area contributed by atoms with E-state index in [4.69, 9.17) is 10.2 Å². The quantitative estimate of drug-likeness (QED) is 0.334. The van der Waals surface area contributed by atoms with Crippen LogP contribution in [0.3, 0.4) is 0 Å². The SMILES string of the molecule is CCNC(=NCc1ccc(C(N)=O)o1)NCC1CCCN1CC.I. The molecule has 0 aromatic carbocycles. The van der Waals surface area contributed by atoms with Gasteiger partial charge < -0.3 is 20.8 Å². The van der Waals surface area contributed by atoms with E-state index in [-0.39, 0.29) is 29.7 Å². The molecule has 0 aliphatic carbocycles. The van der Waals surface area contributed by atoms with Crippen molar-refractivity contribution in [2.24, 2.45) is 10.7 Å². The number of carbonyl (C=O) groups is 1. The van der Waals surface area contributed by atoms with E-state index in [0.29, 0.717) is 18.3 Å². The molecule has 1 amide bonds. The van der Waals surface area contributed by atoms with Crippen LogP contribution in [0, 0.1) is 0 Å². The van der Waals surface area contributed by atoms with Gasteiger partial charge in [0.1, 0.15) is 12.3 Å². The summed E-state index contributed by atoms with van der Waals surface area (Å²) in [5.41, 5.74) is 5.18. The van der Waals surface area contributed by atoms with Crippen LogP contribution in [-0.4, -0.2) is 49.0 Å². The number of hydrogen-bond acceptors (Lipinski definition) is 4. The zero-order chi connectivity index (χ0) is 16.7. The number of carbonyl (C=O) groups excluding carboxylic acids is 1. The summed E-state index contributed by atoms with van der Waals surface area (Å²) in [6.07, 6.45) is 2.48. The van der Waals surface area contributed by atoms with E-state index in [1.54, 1.807) is 12.1 Å². The minimum Gasteiger partial charge on any atom is -0.454 e. The van der Waals surface area contributed by atoms with Crippen LogP contribution in [0.15, 0.2) is 21.5 Å². The van der Waals surface area contributed by atoms with Crippen LogP contribution in [0.1, 0.15) is 43.0 Å². The molecule has 1 fully saturated rings. The lowest BCUT2D eigenvalue weighted by Gasteiger charge is -2.23. The molecule has 7 nitrogen and oxygen atoms in total. The lowest BCUT2D eigenvalue weighted by atomic mass is 10.2. The Labute approximate surface area is 160 Å². The van der Waals surface area contributed by atoms with E-state index in [1.165, 1.54) is 19.4 Å². The largest absolute Gasteiger partial charge is 0.454 e. The van der Waals surface area contributed by atoms with E-state index >= 15 is 0 Å². The highest BCUT2D eigenvalue weighted by Gasteiger charge is 2.22. The lowest BCUT2D eigenvalue weighted by Crippen LogP contribution is -2.44. The number of nitrogens with two attached hydrogens (primary N) is 1. The van der Waals surface area contributed by atoms with E-state index in [0.717, 1.165) is 25.6 Å². The molecule has 2 rings (SSSR count). The van der Waals surface area contributed by atoms with E-state index < -0.39 is 5.91 Å². The summed E-state index contributed by atoms with van der Waals surface area (Å²) in [7, 11) is 0. The molecule has 1 atom stereocenters. The van der Waals surface area contributed by atoms with Gasteiger partial charge in [0.05, 0.1) is 0 Å². The summed E-state index contributed by atoms with van der Waals surface area (Å²) < 4.78 is 5.34. The highest BCUT2D eigenvalue weighted by Crippen LogP contribution is 2.15. The molecule has 0 bridgehead atoms. The Hall–Kier alpha value is -1.29. The normalized spacial score (nSPS) is 18.2. The second-order valence-corrected chi connectivity index (χ2v) is 5.63. The summed E-state index contributed by atoms with van der Waals surface area (Å²) in [6, 6.07) is 3.86. The summed E-state index contributed by atoms with van der Waals surface area (Å²) in [4.78, 5) is 18.0. The third kappa shape index (κ3) is 5.97. The number of aliphatic imine (C=N–C) groups is 1. The van der Waals surface area contributed by atoms with Crippen LogP contribution in [0.5, 0.6) is 0 Å². The molecule has 4 N–H and O–H groups in total. The number of primary amides is 1. The maximum absolute atomic E-state index is 11.0. The molecule has 1 unspecified atom stereocenters. The molecule has 2 heterocycles. The maximum atomic E-state index is 11.0. The fourth-order valence-corrected chi connectivity index (χ4v) is 2.85. The molecule has 1 aliphatic rings. The first-order chi connectivity index (χ1) is 11.1. The summed E-state index contributed by atoms with van der Waals surface area (Å²) in [5.74, 6) is 0.975. The highest BCUT2D eigenvalue weighted by atomic mass is 127. The van der Waals surface area contributed by atoms with Gasteiger partial charge in [-0.25, -0.2) is 4.99 Å². The van der Waals surface area contributed by atoms with Gasteiger partial charge in [0.15, 0.2) is 11.7 Å². The Morgan fingerprint density at radius 3 is 2.83 bits per heavy atom. The molecule has 24 heavy (non-hydrogen) atoms. The Kier molecular flexibility index (Phi) is 9.12. The topological polar surface area (TPSA) is 95.9 Å². The van der Waals surface area contributed by atoms with Crippen LogP contribution in [0.2, 0.25) is 0 Å². The molecule has 1 aliphatic heterocycles. The van der Waals surface area contributed by atoms with Crippen LogP contribution < -0.4 is 16.4 Å². The number of hydrogen-bond donors (Lipinski definition) is 3. The molecule has 1 aromatic rings. The molecule has 1 saturated heterocycles. The minimum absolute atomic E-state index is 0. The van der Waals surface area contributed by atoms with Crippen molar-refractivity contribution in [3.05, 3.63) is 23.7 Å². The van der Waals surface area contributed by atoms with Crippen LogP contribution in [0.4, 0.5) is 0 Å². The smallest absolute Gasteiger partial charge is 0.284 e. The number of halogens is 1. The van der Waals surface area contributed by atoms with Gasteiger partial charge in [-0.3, -0.25) is 9.69 Å². The van der Waals surface area contributed by atoms with Gasteiger partial charge in [0.25, 0.3) is 5.91 Å². The molecular weight excluding hydrogens is 421 g/mol. The van der Waals surface area contributed by atoms with E-state index in [1.807, 2.05) is 6.92 Å². The first kappa shape index (κ1) is 20.8. The van der Waals surface area contributed by atoms with Crippen molar-refractivity contribution in [3.63, 3.8) is 0 Å². The van der Waals surface area contributed by atoms with Crippen molar-refractivity contribution in [2.75, 3.05) is 26.2 Å². The van der Waals surface area contributed by atoms with Gasteiger partial charge in [-0.1, -0.05) is 6.92 Å². The van der Waals surface area contributed by atoms with Crippen LogP contribution in [-0.2, 0) is 6.54 Å². The molecule has 0 saturated carbocycles. The van der Waals surface area contributed by atoms with Gasteiger partial charge in [-0.15, -0.1) is 24.0 Å². The van der Waals surface area contributed by atoms with Crippen molar-refractivity contribution < 1.29 is 9.21 Å². The molecule has 8 heteroatoms. The third-order valence-corrected chi connectivity index (χ3v) is 4.05. The number of nitrogens with one attached hydrogen (secondary N) is 2. The van der Waals surface area contributed by atoms with Crippen molar-refractivity contribution in [1.29, 1.82) is 0 Å². The monoisotopic (exact) mass is 449 g/mol. The first-order valence-electron chi connectivity index (χ1n) is 8.28. The predicted molar refractivity (Wildman–Crippen MR) is 106 cm³/mol. The zero-order valence-electron chi connectivity index (χ0n) is 14.4. The van der Waals surface area contributed by atoms with Gasteiger partial charge in [-0.2, -0.15) is 0 Å². The number of furan rings is 1. The van der Waals surface area contributed by atoms with Crippen molar-refractivity contribution in [2.45, 2.75) is 39.3 Å². The zero-order valence-corrected chi connectivity index (χ0v) is 16.7. The van der Waals surface area contributed by atoms with Crippen molar-refractivity contribution in [3.8, 4) is 0 Å². The van der Waals surface area contributed by atoms with Gasteiger partial charge >= 0.3 is 0 Å². The van der Waals surface area contributed by atoms with Crippen molar-refractivity contribution in [1.82, 2.24) is 15.5 Å². The lowest BCUT2D eigenvalue weighted by molar-refractivity contribution is 0.0972. The van der Waals surface area contributed by atoms with Gasteiger partial charge in [0, 0.05) is 19.1 Å². The second-order valence-electron chi connectivity index (χ2n) is 5.63. The number of likely N-dealkylation sites (N-methyl/N-ethyl adjacent to an activating group) is 1. The Morgan fingerprint density at radius 1 is 1.42 bits per heavy atom. The molecular formula is C16H28IN5O2. The number of nitrogens with zero attached hydrogens (tertiary/aromatic N) is 2. The van der Waals surface area contributed by atoms with E-state index in [9.17, 15) is 4.79 Å². The first-order valence-corrected chi connectivity index (χ1v) is 8.28. The predicted octanol–water partition coefficient (Wildman–Crippen LogP) is 1.54. The number of guanidine groups is 1. The molecule has 0 radical (unpaired) electrons. The fraction of sp³-hybridized carbons (Fsp3) is 0.625. The van der Waals surface area contributed by atoms with Crippen LogP contribution in [0.25, 0.3) is 0 Å². The Bertz CT molecular complexity index is 546. The molecule has 0 spiro atoms. The second kappa shape index (κ2) is 10.5. The number of rotatable bonds is 7. The number of likely N-dealkylation sites (tertiary alicyclic amines) is 1. The summed E-state index contributed by atoms with van der Waals surface area (Å²) >= 11 is 0. The number of amides is 1. The fourth-order valence-electron chi connectivity index (χ4n) is 2.85. The maximum Gasteiger partial charge on any atom is 0.284 e. The highest BCUT2D eigenvalue weighted by molar-refractivity contribution is 14.0. The van der Waals surface area contributed by atoms with Crippen molar-refractivity contribution >= 4 is 35.8 Å². The van der Waals surface area contributed by atoms with E-state index in [2.05, 4.69) is 27.4 Å². The standard InChI is InChI=1S/C16H27N5O2.HI/c1-3-18-16(19-10-12-6-5-9-21(12)4-2)20-11-13-7-8-14(23-13)15(17)22;/h7-8,12H,3-6,9-11H2,1-2H3,(H2,17,22)(H2,18,19,20);1H. The Morgan fingerprint density at radius 2 is 2.21 bits per heavy atom. The minimum atomic E-state index is -0.564.